The summed E-state index contributed by atoms with van der Waals surface area (Å²) in [5.41, 5.74) is 3.32. The summed E-state index contributed by atoms with van der Waals surface area (Å²) >= 11 is 0. The van der Waals surface area contributed by atoms with Crippen molar-refractivity contribution in [3.05, 3.63) is 59.2 Å². The van der Waals surface area contributed by atoms with Crippen LogP contribution in [0.4, 0.5) is 0 Å². The molecule has 0 amide bonds. The molecule has 0 heterocycles. The highest BCUT2D eigenvalue weighted by atomic mass is 16.5. The number of aliphatic hydroxyl groups excluding tert-OH is 1. The van der Waals surface area contributed by atoms with Crippen LogP contribution in [0.2, 0.25) is 0 Å². The van der Waals surface area contributed by atoms with Crippen LogP contribution in [0.15, 0.2) is 42.5 Å². The summed E-state index contributed by atoms with van der Waals surface area (Å²) in [6.07, 6.45) is -0.546. The Morgan fingerprint density at radius 3 is 2.24 bits per heavy atom. The lowest BCUT2D eigenvalue weighted by Crippen LogP contribution is -2.11. The predicted octanol–water partition coefficient (Wildman–Crippen LogP) is 5.14. The van der Waals surface area contributed by atoms with Gasteiger partial charge in [-0.2, -0.15) is 0 Å². The van der Waals surface area contributed by atoms with Crippen LogP contribution in [0.1, 0.15) is 50.5 Å². The molecule has 0 unspecified atom stereocenters. The van der Waals surface area contributed by atoms with Crippen LogP contribution in [0.5, 0.6) is 11.5 Å². The molecular weight excluding hydrogens is 260 g/mol. The van der Waals surface area contributed by atoms with Crippen LogP contribution >= 0.6 is 0 Å². The molecule has 0 aromatic heterocycles. The highest BCUT2D eigenvalue weighted by Gasteiger charge is 2.16. The molecule has 2 aromatic carbocycles. The van der Waals surface area contributed by atoms with E-state index in [0.29, 0.717) is 5.75 Å². The van der Waals surface area contributed by atoms with Gasteiger partial charge in [-0.3, -0.25) is 0 Å². The average Bonchev–Trinajstić information content (AvgIpc) is 2.40. The number of benzene rings is 2. The van der Waals surface area contributed by atoms with Gasteiger partial charge in [0, 0.05) is 5.56 Å². The first-order chi connectivity index (χ1) is 9.79. The maximum absolute atomic E-state index is 9.82. The van der Waals surface area contributed by atoms with Gasteiger partial charge in [-0.25, -0.2) is 0 Å². The Bertz CT molecular complexity index is 622. The van der Waals surface area contributed by atoms with Crippen molar-refractivity contribution in [2.24, 2.45) is 0 Å². The highest BCUT2D eigenvalue weighted by Crippen LogP contribution is 2.33. The zero-order chi connectivity index (χ0) is 15.6. The summed E-state index contributed by atoms with van der Waals surface area (Å²) in [5.74, 6) is 1.54. The van der Waals surface area contributed by atoms with Crippen LogP contribution in [-0.2, 0) is 5.41 Å². The third kappa shape index (κ3) is 3.64. The van der Waals surface area contributed by atoms with Crippen molar-refractivity contribution in [3.63, 3.8) is 0 Å². The van der Waals surface area contributed by atoms with Crippen molar-refractivity contribution in [1.82, 2.24) is 0 Å². The van der Waals surface area contributed by atoms with Gasteiger partial charge >= 0.3 is 0 Å². The standard InChI is InChI=1S/C19H24O2/c1-13-12-15(19(3,4)5)10-11-17(13)21-18-9-7-6-8-16(18)14(2)20/h6-12,14,20H,1-5H3/t14-/m1/s1. The Hall–Kier alpha value is -1.80. The van der Waals surface area contributed by atoms with Crippen LogP contribution < -0.4 is 4.74 Å². The molecule has 1 atom stereocenters. The normalized spacial score (nSPS) is 13.0. The summed E-state index contributed by atoms with van der Waals surface area (Å²) in [5, 5.41) is 9.82. The number of aryl methyl sites for hydroxylation is 1. The Morgan fingerprint density at radius 2 is 1.67 bits per heavy atom. The molecule has 2 nitrogen and oxygen atoms in total. The number of hydrogen-bond acceptors (Lipinski definition) is 2. The molecule has 2 rings (SSSR count). The number of para-hydroxylation sites is 1. The quantitative estimate of drug-likeness (QED) is 0.845. The van der Waals surface area contributed by atoms with E-state index in [-0.39, 0.29) is 5.41 Å². The van der Waals surface area contributed by atoms with E-state index >= 15 is 0 Å². The smallest absolute Gasteiger partial charge is 0.133 e. The van der Waals surface area contributed by atoms with Crippen LogP contribution in [0.3, 0.4) is 0 Å². The minimum absolute atomic E-state index is 0.126. The molecule has 112 valence electrons. The zero-order valence-electron chi connectivity index (χ0n) is 13.5. The van der Waals surface area contributed by atoms with E-state index in [1.807, 2.05) is 30.3 Å². The van der Waals surface area contributed by atoms with E-state index < -0.39 is 6.10 Å². The van der Waals surface area contributed by atoms with E-state index in [1.165, 1.54) is 5.56 Å². The summed E-state index contributed by atoms with van der Waals surface area (Å²) < 4.78 is 6.01. The predicted molar refractivity (Wildman–Crippen MR) is 87.0 cm³/mol. The van der Waals surface area contributed by atoms with Crippen molar-refractivity contribution in [3.8, 4) is 11.5 Å². The van der Waals surface area contributed by atoms with E-state index in [9.17, 15) is 5.11 Å². The van der Waals surface area contributed by atoms with Crippen LogP contribution in [0, 0.1) is 6.92 Å². The Morgan fingerprint density at radius 1 is 1.00 bits per heavy atom. The SMILES string of the molecule is Cc1cc(C(C)(C)C)ccc1Oc1ccccc1[C@@H](C)O. The number of rotatable bonds is 3. The average molecular weight is 284 g/mol. The molecule has 21 heavy (non-hydrogen) atoms. The fourth-order valence-corrected chi connectivity index (χ4v) is 2.27. The molecule has 0 aliphatic carbocycles. The molecule has 0 aliphatic rings. The maximum atomic E-state index is 9.82. The van der Waals surface area contributed by atoms with E-state index in [0.717, 1.165) is 16.9 Å². The van der Waals surface area contributed by atoms with Crippen molar-refractivity contribution < 1.29 is 9.84 Å². The second-order valence-corrected chi connectivity index (χ2v) is 6.55. The van der Waals surface area contributed by atoms with Gasteiger partial charge < -0.3 is 9.84 Å². The molecule has 2 heteroatoms. The molecular formula is C19H24O2. The van der Waals surface area contributed by atoms with Crippen LogP contribution in [0.25, 0.3) is 0 Å². The minimum Gasteiger partial charge on any atom is -0.457 e. The minimum atomic E-state index is -0.546. The third-order valence-electron chi connectivity index (χ3n) is 3.63. The first-order valence-electron chi connectivity index (χ1n) is 7.35. The van der Waals surface area contributed by atoms with E-state index in [1.54, 1.807) is 6.92 Å². The van der Waals surface area contributed by atoms with Gasteiger partial charge in [-0.05, 0) is 42.5 Å². The third-order valence-corrected chi connectivity index (χ3v) is 3.63. The van der Waals surface area contributed by atoms with Gasteiger partial charge in [0.25, 0.3) is 0 Å². The monoisotopic (exact) mass is 284 g/mol. The molecule has 2 aromatic rings. The molecule has 0 fully saturated rings. The van der Waals surface area contributed by atoms with Crippen molar-refractivity contribution in [2.45, 2.75) is 46.1 Å². The molecule has 0 saturated heterocycles. The second-order valence-electron chi connectivity index (χ2n) is 6.55. The molecule has 0 bridgehead atoms. The number of ether oxygens (including phenoxy) is 1. The Balaban J connectivity index is 2.33. The topological polar surface area (TPSA) is 29.5 Å². The van der Waals surface area contributed by atoms with E-state index in [4.69, 9.17) is 4.74 Å². The van der Waals surface area contributed by atoms with Gasteiger partial charge in [0.1, 0.15) is 11.5 Å². The van der Waals surface area contributed by atoms with Gasteiger partial charge in [0.2, 0.25) is 0 Å². The molecule has 0 spiro atoms. The fourth-order valence-electron chi connectivity index (χ4n) is 2.27. The van der Waals surface area contributed by atoms with Gasteiger partial charge in [0.15, 0.2) is 0 Å². The molecule has 0 aliphatic heterocycles. The Kier molecular flexibility index (Phi) is 4.38. The molecule has 0 radical (unpaired) electrons. The van der Waals surface area contributed by atoms with Gasteiger partial charge in [0.05, 0.1) is 6.10 Å². The molecule has 1 N–H and O–H groups in total. The first kappa shape index (κ1) is 15.6. The summed E-state index contributed by atoms with van der Waals surface area (Å²) in [4.78, 5) is 0. The van der Waals surface area contributed by atoms with Crippen molar-refractivity contribution in [2.75, 3.05) is 0 Å². The summed E-state index contributed by atoms with van der Waals surface area (Å²) in [7, 11) is 0. The lowest BCUT2D eigenvalue weighted by atomic mass is 9.86. The number of aliphatic hydroxyl groups is 1. The lowest BCUT2D eigenvalue weighted by Gasteiger charge is -2.21. The zero-order valence-corrected chi connectivity index (χ0v) is 13.5. The van der Waals surface area contributed by atoms with E-state index in [2.05, 4.69) is 39.8 Å². The summed E-state index contributed by atoms with van der Waals surface area (Å²) in [6.45, 7) is 10.4. The van der Waals surface area contributed by atoms with Crippen LogP contribution in [-0.4, -0.2) is 5.11 Å². The summed E-state index contributed by atoms with van der Waals surface area (Å²) in [6, 6.07) is 13.9. The number of hydrogen-bond donors (Lipinski definition) is 1. The van der Waals surface area contributed by atoms with Gasteiger partial charge in [-0.15, -0.1) is 0 Å². The highest BCUT2D eigenvalue weighted by molar-refractivity contribution is 5.44. The largest absolute Gasteiger partial charge is 0.457 e. The fraction of sp³-hybridized carbons (Fsp3) is 0.368. The Labute approximate surface area is 127 Å². The first-order valence-corrected chi connectivity index (χ1v) is 7.35. The second kappa shape index (κ2) is 5.90. The van der Waals surface area contributed by atoms with Crippen molar-refractivity contribution >= 4 is 0 Å². The van der Waals surface area contributed by atoms with Gasteiger partial charge in [-0.1, -0.05) is 51.1 Å². The molecule has 0 saturated carbocycles. The van der Waals surface area contributed by atoms with Crippen molar-refractivity contribution in [1.29, 1.82) is 0 Å². The maximum Gasteiger partial charge on any atom is 0.133 e. The lowest BCUT2D eigenvalue weighted by molar-refractivity contribution is 0.195.